The Balaban J connectivity index is 2.05. The predicted octanol–water partition coefficient (Wildman–Crippen LogP) is 2.25. The number of carbonyl (C=O) groups is 1. The molecule has 0 fully saturated rings. The number of rotatable bonds is 8. The van der Waals surface area contributed by atoms with E-state index < -0.39 is 12.5 Å². The first-order chi connectivity index (χ1) is 12.5. The molecule has 0 aliphatic heterocycles. The maximum absolute atomic E-state index is 12.6. The molecule has 138 valence electrons. The van der Waals surface area contributed by atoms with Crippen LogP contribution in [0.4, 0.5) is 14.7 Å². The molecule has 1 aromatic heterocycles. The second-order valence-corrected chi connectivity index (χ2v) is 4.63. The number of para-hydroxylation sites is 1. The Kier molecular flexibility index (Phi) is 6.66. The fourth-order valence-corrected chi connectivity index (χ4v) is 1.88. The molecule has 0 saturated carbocycles. The lowest BCUT2D eigenvalue weighted by Gasteiger charge is -2.12. The van der Waals surface area contributed by atoms with Crippen molar-refractivity contribution in [2.75, 3.05) is 19.6 Å². The number of anilines is 1. The van der Waals surface area contributed by atoms with Crippen molar-refractivity contribution >= 4 is 17.9 Å². The molecule has 0 aliphatic carbocycles. The molecule has 2 rings (SSSR count). The van der Waals surface area contributed by atoms with E-state index in [4.69, 9.17) is 9.47 Å². The molecule has 2 aromatic rings. The molecule has 26 heavy (non-hydrogen) atoms. The van der Waals surface area contributed by atoms with E-state index in [0.29, 0.717) is 5.88 Å². The number of alkyl halides is 2. The molecular weight excluding hydrogens is 350 g/mol. The number of aromatic nitrogens is 2. The summed E-state index contributed by atoms with van der Waals surface area (Å²) in [6, 6.07) is 6.09. The average molecular weight is 366 g/mol. The lowest BCUT2D eigenvalue weighted by molar-refractivity contribution is -0.116. The maximum atomic E-state index is 12.6. The molecule has 0 bridgehead atoms. The van der Waals surface area contributed by atoms with Gasteiger partial charge in [-0.2, -0.15) is 13.8 Å². The molecule has 0 radical (unpaired) electrons. The summed E-state index contributed by atoms with van der Waals surface area (Å²) < 4.78 is 39.5. The van der Waals surface area contributed by atoms with E-state index in [2.05, 4.69) is 25.6 Å². The molecular formula is C16H16F2N4O4. The largest absolute Gasteiger partial charge is 0.493 e. The van der Waals surface area contributed by atoms with Crippen LogP contribution in [0.25, 0.3) is 6.08 Å². The Morgan fingerprint density at radius 1 is 1.23 bits per heavy atom. The summed E-state index contributed by atoms with van der Waals surface area (Å²) in [5.74, 6) is -0.178. The fraction of sp³-hybridized carbons (Fsp3) is 0.188. The van der Waals surface area contributed by atoms with Crippen LogP contribution in [0.3, 0.4) is 0 Å². The van der Waals surface area contributed by atoms with E-state index in [0.717, 1.165) is 6.08 Å². The molecule has 0 spiro atoms. The van der Waals surface area contributed by atoms with Crippen molar-refractivity contribution in [3.05, 3.63) is 42.1 Å². The fourth-order valence-electron chi connectivity index (χ4n) is 1.88. The number of benzene rings is 1. The van der Waals surface area contributed by atoms with Crippen LogP contribution in [0.2, 0.25) is 0 Å². The molecule has 1 amide bonds. The van der Waals surface area contributed by atoms with Gasteiger partial charge in [-0.05, 0) is 12.1 Å². The predicted molar refractivity (Wildman–Crippen MR) is 89.0 cm³/mol. The average Bonchev–Trinajstić information content (AvgIpc) is 2.65. The summed E-state index contributed by atoms with van der Waals surface area (Å²) in [5.41, 5.74) is 5.08. The van der Waals surface area contributed by atoms with Crippen LogP contribution in [0.1, 0.15) is 5.56 Å². The van der Waals surface area contributed by atoms with Gasteiger partial charge in [-0.1, -0.05) is 12.1 Å². The summed E-state index contributed by atoms with van der Waals surface area (Å²) in [6.45, 7) is -3.03. The third-order valence-corrected chi connectivity index (χ3v) is 2.99. The van der Waals surface area contributed by atoms with Crippen molar-refractivity contribution in [2.45, 2.75) is 6.61 Å². The summed E-state index contributed by atoms with van der Waals surface area (Å²) in [6.07, 6.45) is 3.88. The first kappa shape index (κ1) is 18.9. The van der Waals surface area contributed by atoms with Crippen molar-refractivity contribution in [1.82, 2.24) is 15.4 Å². The molecule has 0 atom stereocenters. The summed E-state index contributed by atoms with van der Waals surface area (Å²) in [5, 5.41) is 0. The zero-order valence-corrected chi connectivity index (χ0v) is 13.9. The molecule has 10 heteroatoms. The number of hydrogen-bond donors (Lipinski definition) is 2. The van der Waals surface area contributed by atoms with Gasteiger partial charge in [0.2, 0.25) is 11.8 Å². The van der Waals surface area contributed by atoms with E-state index >= 15 is 0 Å². The number of amides is 1. The van der Waals surface area contributed by atoms with Crippen LogP contribution in [0.15, 0.2) is 36.5 Å². The van der Waals surface area contributed by atoms with Gasteiger partial charge >= 0.3 is 6.61 Å². The molecule has 0 saturated heterocycles. The number of hydrogen-bond acceptors (Lipinski definition) is 7. The van der Waals surface area contributed by atoms with Crippen molar-refractivity contribution < 1.29 is 27.8 Å². The van der Waals surface area contributed by atoms with E-state index in [1.165, 1.54) is 38.6 Å². The van der Waals surface area contributed by atoms with Gasteiger partial charge < -0.3 is 14.2 Å². The Morgan fingerprint density at radius 2 is 2.04 bits per heavy atom. The Labute approximate surface area is 147 Å². The first-order valence-corrected chi connectivity index (χ1v) is 7.26. The summed E-state index contributed by atoms with van der Waals surface area (Å²) in [7, 11) is 2.77. The van der Waals surface area contributed by atoms with Gasteiger partial charge in [0, 0.05) is 23.9 Å². The molecule has 2 N–H and O–H groups in total. The number of ether oxygens (including phenoxy) is 3. The van der Waals surface area contributed by atoms with Crippen molar-refractivity contribution in [3.63, 3.8) is 0 Å². The molecule has 8 nitrogen and oxygen atoms in total. The van der Waals surface area contributed by atoms with Crippen LogP contribution in [-0.2, 0) is 4.79 Å². The van der Waals surface area contributed by atoms with Gasteiger partial charge in [-0.3, -0.25) is 15.6 Å². The number of nitrogens with one attached hydrogen (secondary N) is 2. The van der Waals surface area contributed by atoms with Gasteiger partial charge in [-0.25, -0.2) is 4.98 Å². The van der Waals surface area contributed by atoms with Crippen LogP contribution < -0.4 is 25.1 Å². The number of hydrazine groups is 1. The monoisotopic (exact) mass is 366 g/mol. The smallest absolute Gasteiger partial charge is 0.387 e. The second kappa shape index (κ2) is 9.16. The highest BCUT2D eigenvalue weighted by atomic mass is 19.3. The van der Waals surface area contributed by atoms with Crippen LogP contribution in [-0.4, -0.2) is 36.7 Å². The highest BCUT2D eigenvalue weighted by Gasteiger charge is 2.14. The summed E-state index contributed by atoms with van der Waals surface area (Å²) in [4.78, 5) is 19.7. The Bertz CT molecular complexity index is 787. The Morgan fingerprint density at radius 3 is 2.73 bits per heavy atom. The van der Waals surface area contributed by atoms with Crippen molar-refractivity contribution in [3.8, 4) is 17.4 Å². The first-order valence-electron chi connectivity index (χ1n) is 7.26. The molecule has 1 heterocycles. The maximum Gasteiger partial charge on any atom is 0.387 e. The van der Waals surface area contributed by atoms with Crippen molar-refractivity contribution in [2.24, 2.45) is 0 Å². The van der Waals surface area contributed by atoms with E-state index in [9.17, 15) is 13.6 Å². The highest BCUT2D eigenvalue weighted by molar-refractivity contribution is 5.92. The molecule has 0 unspecified atom stereocenters. The zero-order chi connectivity index (χ0) is 18.9. The lowest BCUT2D eigenvalue weighted by Crippen LogP contribution is -2.28. The van der Waals surface area contributed by atoms with Gasteiger partial charge in [0.15, 0.2) is 11.5 Å². The third kappa shape index (κ3) is 5.30. The van der Waals surface area contributed by atoms with Gasteiger partial charge in [0.05, 0.1) is 14.2 Å². The normalized spacial score (nSPS) is 10.7. The van der Waals surface area contributed by atoms with E-state index in [1.807, 2.05) is 0 Å². The molecule has 0 aliphatic rings. The number of halogens is 2. The number of methoxy groups -OCH3 is 2. The number of carbonyl (C=O) groups excluding carboxylic acids is 1. The third-order valence-electron chi connectivity index (χ3n) is 2.99. The van der Waals surface area contributed by atoms with E-state index in [-0.39, 0.29) is 23.0 Å². The highest BCUT2D eigenvalue weighted by Crippen LogP contribution is 2.33. The van der Waals surface area contributed by atoms with Crippen LogP contribution >= 0.6 is 0 Å². The quantitative estimate of drug-likeness (QED) is 0.547. The van der Waals surface area contributed by atoms with Crippen LogP contribution in [0.5, 0.6) is 17.4 Å². The van der Waals surface area contributed by atoms with Crippen LogP contribution in [0, 0.1) is 0 Å². The summed E-state index contributed by atoms with van der Waals surface area (Å²) >= 11 is 0. The van der Waals surface area contributed by atoms with Gasteiger partial charge in [-0.15, -0.1) is 0 Å². The van der Waals surface area contributed by atoms with Crippen molar-refractivity contribution in [1.29, 1.82) is 0 Å². The van der Waals surface area contributed by atoms with E-state index in [1.54, 1.807) is 12.1 Å². The van der Waals surface area contributed by atoms with Gasteiger partial charge in [0.1, 0.15) is 0 Å². The standard InChI is InChI=1S/C16H16F2N4O4/c1-24-11-5-3-4-10(14(11)26-15(17)18)6-7-12(23)21-22-16-19-9-8-13(20-16)25-2/h3-9,15H,1-2H3,(H,21,23)(H,19,20,22)/b7-6+. The topological polar surface area (TPSA) is 94.6 Å². The Hall–Kier alpha value is -3.43. The SMILES string of the molecule is COc1ccnc(NNC(=O)/C=C/c2cccc(OC)c2OC(F)F)n1. The minimum atomic E-state index is -3.03. The lowest BCUT2D eigenvalue weighted by atomic mass is 10.1. The molecule has 1 aromatic carbocycles. The van der Waals surface area contributed by atoms with Gasteiger partial charge in [0.25, 0.3) is 5.91 Å². The second-order valence-electron chi connectivity index (χ2n) is 4.63. The zero-order valence-electron chi connectivity index (χ0n) is 13.9. The minimum absolute atomic E-state index is 0.120. The number of nitrogens with zero attached hydrogens (tertiary/aromatic N) is 2. The minimum Gasteiger partial charge on any atom is -0.493 e.